The molecule has 3 nitrogen and oxygen atoms in total. The molecule has 0 spiro atoms. The van der Waals surface area contributed by atoms with Gasteiger partial charge in [0.2, 0.25) is 5.91 Å². The number of hydrogen-bond acceptors (Lipinski definition) is 2. The Morgan fingerprint density at radius 3 is 3.00 bits per heavy atom. The number of terminal acetylenes is 1. The summed E-state index contributed by atoms with van der Waals surface area (Å²) in [6.07, 6.45) is 8.88. The van der Waals surface area contributed by atoms with E-state index in [-0.39, 0.29) is 17.9 Å². The minimum absolute atomic E-state index is 0.124. The van der Waals surface area contributed by atoms with Crippen molar-refractivity contribution in [3.05, 3.63) is 0 Å². The fourth-order valence-electron chi connectivity index (χ4n) is 3.60. The van der Waals surface area contributed by atoms with E-state index in [2.05, 4.69) is 11.2 Å². The van der Waals surface area contributed by atoms with Crippen LogP contribution in [0.15, 0.2) is 0 Å². The molecule has 2 saturated carbocycles. The highest BCUT2D eigenvalue weighted by Crippen LogP contribution is 2.50. The number of thiocarbonyl (C=S) groups is 1. The van der Waals surface area contributed by atoms with E-state index < -0.39 is 0 Å². The molecule has 1 N–H and O–H groups in total. The van der Waals surface area contributed by atoms with Crippen molar-refractivity contribution in [1.82, 2.24) is 10.2 Å². The zero-order valence-corrected chi connectivity index (χ0v) is 9.80. The largest absolute Gasteiger partial charge is 0.358 e. The van der Waals surface area contributed by atoms with Crippen LogP contribution < -0.4 is 5.32 Å². The fraction of sp³-hybridized carbons (Fsp3) is 0.667. The number of nitrogens with one attached hydrogen (secondary N) is 1. The third-order valence-corrected chi connectivity index (χ3v) is 4.59. The highest BCUT2D eigenvalue weighted by molar-refractivity contribution is 7.80. The highest BCUT2D eigenvalue weighted by Gasteiger charge is 2.54. The van der Waals surface area contributed by atoms with Crippen LogP contribution in [0.1, 0.15) is 19.3 Å². The summed E-state index contributed by atoms with van der Waals surface area (Å²) in [7, 11) is 0. The molecule has 0 aromatic rings. The molecule has 3 aliphatic rings. The molecule has 16 heavy (non-hydrogen) atoms. The maximum atomic E-state index is 12.3. The lowest BCUT2D eigenvalue weighted by molar-refractivity contribution is -0.135. The van der Waals surface area contributed by atoms with E-state index in [4.69, 9.17) is 18.6 Å². The summed E-state index contributed by atoms with van der Waals surface area (Å²) in [5.41, 5.74) is 0. The van der Waals surface area contributed by atoms with Crippen LogP contribution in [0.3, 0.4) is 0 Å². The van der Waals surface area contributed by atoms with Crippen molar-refractivity contribution in [3.63, 3.8) is 0 Å². The maximum absolute atomic E-state index is 12.3. The van der Waals surface area contributed by atoms with Crippen LogP contribution in [0, 0.1) is 30.1 Å². The number of carbonyl (C=O) groups is 1. The lowest BCUT2D eigenvalue weighted by atomic mass is 9.82. The SMILES string of the molecule is C#CCN1C(=O)C2C(NC1=S)[C@H]1CC[C@@H]2C1. The van der Waals surface area contributed by atoms with E-state index in [1.54, 1.807) is 4.90 Å². The van der Waals surface area contributed by atoms with Crippen LogP contribution in [0.25, 0.3) is 0 Å². The first-order valence-corrected chi connectivity index (χ1v) is 6.18. The van der Waals surface area contributed by atoms with Crippen LogP contribution in [0.5, 0.6) is 0 Å². The van der Waals surface area contributed by atoms with Crippen molar-refractivity contribution in [3.8, 4) is 12.3 Å². The zero-order chi connectivity index (χ0) is 11.3. The number of hydrogen-bond donors (Lipinski definition) is 1. The van der Waals surface area contributed by atoms with E-state index in [1.165, 1.54) is 19.3 Å². The third-order valence-electron chi connectivity index (χ3n) is 4.25. The molecule has 0 radical (unpaired) electrons. The molecule has 1 aliphatic heterocycles. The minimum Gasteiger partial charge on any atom is -0.358 e. The van der Waals surface area contributed by atoms with Gasteiger partial charge >= 0.3 is 0 Å². The molecular weight excluding hydrogens is 220 g/mol. The maximum Gasteiger partial charge on any atom is 0.235 e. The van der Waals surface area contributed by atoms with Gasteiger partial charge in [-0.25, -0.2) is 0 Å². The molecule has 0 aromatic carbocycles. The average Bonchev–Trinajstić information content (AvgIpc) is 2.84. The first-order chi connectivity index (χ1) is 7.72. The molecule has 1 saturated heterocycles. The average molecular weight is 234 g/mol. The van der Waals surface area contributed by atoms with E-state index in [1.807, 2.05) is 0 Å². The first kappa shape index (κ1) is 10.1. The Hall–Kier alpha value is -1.08. The van der Waals surface area contributed by atoms with Gasteiger partial charge in [-0.1, -0.05) is 5.92 Å². The Morgan fingerprint density at radius 1 is 1.50 bits per heavy atom. The Balaban J connectivity index is 1.88. The normalized spacial score (nSPS) is 40.6. The Bertz CT molecular complexity index is 400. The standard InChI is InChI=1S/C12H14N2OS/c1-2-5-14-11(15)9-7-3-4-8(6-7)10(9)13-12(14)16/h1,7-10H,3-6H2,(H,13,16)/t7-,8+,9?,10?/m1/s1. The molecule has 0 aromatic heterocycles. The summed E-state index contributed by atoms with van der Waals surface area (Å²) in [5, 5.41) is 3.84. The van der Waals surface area contributed by atoms with Gasteiger partial charge in [0.1, 0.15) is 0 Å². The van der Waals surface area contributed by atoms with Gasteiger partial charge < -0.3 is 5.32 Å². The third kappa shape index (κ3) is 1.21. The first-order valence-electron chi connectivity index (χ1n) is 5.77. The Morgan fingerprint density at radius 2 is 2.25 bits per heavy atom. The van der Waals surface area contributed by atoms with Gasteiger partial charge in [0.05, 0.1) is 12.5 Å². The Kier molecular flexibility index (Phi) is 2.18. The number of nitrogens with zero attached hydrogens (tertiary/aromatic N) is 1. The molecule has 4 atom stereocenters. The minimum atomic E-state index is 0.124. The lowest BCUT2D eigenvalue weighted by Gasteiger charge is -2.40. The molecular formula is C12H14N2OS. The molecule has 2 bridgehead atoms. The van der Waals surface area contributed by atoms with Gasteiger partial charge in [0, 0.05) is 6.04 Å². The summed E-state index contributed by atoms with van der Waals surface area (Å²) >= 11 is 5.21. The molecule has 84 valence electrons. The van der Waals surface area contributed by atoms with E-state index >= 15 is 0 Å². The van der Waals surface area contributed by atoms with Crippen LogP contribution in [0.4, 0.5) is 0 Å². The molecule has 3 fully saturated rings. The van der Waals surface area contributed by atoms with Crippen LogP contribution in [0.2, 0.25) is 0 Å². The second-order valence-corrected chi connectivity index (χ2v) is 5.35. The van der Waals surface area contributed by atoms with Gasteiger partial charge in [-0.15, -0.1) is 6.42 Å². The van der Waals surface area contributed by atoms with Gasteiger partial charge in [-0.3, -0.25) is 9.69 Å². The smallest absolute Gasteiger partial charge is 0.235 e. The number of rotatable bonds is 1. The molecule has 2 unspecified atom stereocenters. The zero-order valence-electron chi connectivity index (χ0n) is 8.98. The highest BCUT2D eigenvalue weighted by atomic mass is 32.1. The van der Waals surface area contributed by atoms with Crippen molar-refractivity contribution < 1.29 is 4.79 Å². The summed E-state index contributed by atoms with van der Waals surface area (Å²) in [6.45, 7) is 0.297. The monoisotopic (exact) mass is 234 g/mol. The van der Waals surface area contributed by atoms with Gasteiger partial charge in [-0.2, -0.15) is 0 Å². The van der Waals surface area contributed by atoms with Crippen molar-refractivity contribution in [2.75, 3.05) is 6.54 Å². The van der Waals surface area contributed by atoms with Gasteiger partial charge in [0.25, 0.3) is 0 Å². The molecule has 3 rings (SSSR count). The van der Waals surface area contributed by atoms with Crippen molar-refractivity contribution in [2.24, 2.45) is 17.8 Å². The number of amides is 1. The predicted octanol–water partition coefficient (Wildman–Crippen LogP) is 0.751. The molecule has 2 aliphatic carbocycles. The van der Waals surface area contributed by atoms with E-state index in [9.17, 15) is 4.79 Å². The van der Waals surface area contributed by atoms with Crippen LogP contribution >= 0.6 is 12.2 Å². The lowest BCUT2D eigenvalue weighted by Crippen LogP contribution is -2.61. The summed E-state index contributed by atoms with van der Waals surface area (Å²) in [5.74, 6) is 3.97. The summed E-state index contributed by atoms with van der Waals surface area (Å²) in [4.78, 5) is 13.9. The van der Waals surface area contributed by atoms with E-state index in [0.29, 0.717) is 23.5 Å². The topological polar surface area (TPSA) is 32.3 Å². The van der Waals surface area contributed by atoms with Crippen LogP contribution in [-0.4, -0.2) is 28.5 Å². The summed E-state index contributed by atoms with van der Waals surface area (Å²) in [6, 6.07) is 0.285. The number of carbonyl (C=O) groups excluding carboxylic acids is 1. The molecule has 1 heterocycles. The Labute approximate surface area is 101 Å². The van der Waals surface area contributed by atoms with Crippen molar-refractivity contribution in [1.29, 1.82) is 0 Å². The second kappa shape index (κ2) is 3.46. The van der Waals surface area contributed by atoms with Crippen LogP contribution in [-0.2, 0) is 4.79 Å². The fourth-order valence-corrected chi connectivity index (χ4v) is 3.89. The number of fused-ring (bicyclic) bond motifs is 5. The van der Waals surface area contributed by atoms with Gasteiger partial charge in [0.15, 0.2) is 5.11 Å². The second-order valence-electron chi connectivity index (χ2n) is 4.96. The van der Waals surface area contributed by atoms with E-state index in [0.717, 1.165) is 0 Å². The summed E-state index contributed by atoms with van der Waals surface area (Å²) < 4.78 is 0. The quantitative estimate of drug-likeness (QED) is 0.537. The van der Waals surface area contributed by atoms with Gasteiger partial charge in [-0.05, 0) is 43.3 Å². The molecule has 4 heteroatoms. The predicted molar refractivity (Wildman–Crippen MR) is 64.4 cm³/mol. The molecule has 1 amide bonds. The van der Waals surface area contributed by atoms with Crippen molar-refractivity contribution in [2.45, 2.75) is 25.3 Å². The van der Waals surface area contributed by atoms with Crippen molar-refractivity contribution >= 4 is 23.2 Å².